The zero-order valence-corrected chi connectivity index (χ0v) is 20.2. The van der Waals surface area contributed by atoms with E-state index in [9.17, 15) is 9.59 Å². The third-order valence-corrected chi connectivity index (χ3v) is 6.73. The van der Waals surface area contributed by atoms with Crippen LogP contribution in [-0.2, 0) is 27.4 Å². The molecule has 7 heteroatoms. The van der Waals surface area contributed by atoms with Crippen LogP contribution in [0.4, 0.5) is 4.79 Å². The van der Waals surface area contributed by atoms with Gasteiger partial charge < -0.3 is 23.8 Å². The average molecular weight is 488 g/mol. The molecule has 2 aliphatic rings. The molecule has 0 radical (unpaired) electrons. The van der Waals surface area contributed by atoms with Crippen LogP contribution in [0.2, 0.25) is 0 Å². The number of nitrogens with zero attached hydrogens (tertiary/aromatic N) is 1. The highest BCUT2D eigenvalue weighted by atomic mass is 16.7. The highest BCUT2D eigenvalue weighted by Gasteiger charge is 2.33. The van der Waals surface area contributed by atoms with Crippen molar-refractivity contribution in [2.75, 3.05) is 20.2 Å². The number of fused-ring (bicyclic) bond motifs is 1. The highest BCUT2D eigenvalue weighted by Crippen LogP contribution is 2.35. The van der Waals surface area contributed by atoms with Gasteiger partial charge in [-0.2, -0.15) is 0 Å². The first kappa shape index (κ1) is 23.9. The number of esters is 1. The lowest BCUT2D eigenvalue weighted by atomic mass is 9.95. The Kier molecular flexibility index (Phi) is 7.18. The molecule has 5 rings (SSSR count). The maximum Gasteiger partial charge on any atom is 0.410 e. The van der Waals surface area contributed by atoms with Gasteiger partial charge >= 0.3 is 12.1 Å². The SMILES string of the molecule is COC(=O)c1ccc(-c2ccc3c(c2)COC(C2CCN(C(=O)OCc4ccccc4)CC2)O3)cc1. The molecule has 1 atom stereocenters. The van der Waals surface area contributed by atoms with E-state index in [2.05, 4.69) is 6.07 Å². The number of piperidine rings is 1. The summed E-state index contributed by atoms with van der Waals surface area (Å²) in [6.07, 6.45) is 0.987. The topological polar surface area (TPSA) is 74.3 Å². The summed E-state index contributed by atoms with van der Waals surface area (Å²) in [4.78, 5) is 25.9. The second-order valence-corrected chi connectivity index (χ2v) is 9.05. The van der Waals surface area contributed by atoms with Crippen molar-refractivity contribution in [2.45, 2.75) is 32.3 Å². The molecule has 0 aliphatic carbocycles. The number of benzene rings is 3. The fourth-order valence-electron chi connectivity index (χ4n) is 4.63. The molecule has 186 valence electrons. The Morgan fingerprint density at radius 2 is 1.67 bits per heavy atom. The lowest BCUT2D eigenvalue weighted by molar-refractivity contribution is -0.148. The minimum Gasteiger partial charge on any atom is -0.465 e. The van der Waals surface area contributed by atoms with Crippen LogP contribution < -0.4 is 4.74 Å². The lowest BCUT2D eigenvalue weighted by Crippen LogP contribution is -2.44. The number of rotatable bonds is 5. The van der Waals surface area contributed by atoms with Gasteiger partial charge in [0.2, 0.25) is 6.29 Å². The van der Waals surface area contributed by atoms with Gasteiger partial charge in [-0.1, -0.05) is 48.5 Å². The molecule has 2 aliphatic heterocycles. The molecule has 3 aromatic carbocycles. The van der Waals surface area contributed by atoms with Crippen LogP contribution in [0.5, 0.6) is 5.75 Å². The van der Waals surface area contributed by atoms with Crippen molar-refractivity contribution in [3.8, 4) is 16.9 Å². The Labute approximate surface area is 210 Å². The number of ether oxygens (including phenoxy) is 4. The van der Waals surface area contributed by atoms with Crippen molar-refractivity contribution in [1.82, 2.24) is 4.90 Å². The van der Waals surface area contributed by atoms with E-state index in [4.69, 9.17) is 18.9 Å². The van der Waals surface area contributed by atoms with Crippen molar-refractivity contribution >= 4 is 12.1 Å². The summed E-state index contributed by atoms with van der Waals surface area (Å²) in [5.41, 5.74) is 4.51. The molecule has 0 aromatic heterocycles. The Bertz CT molecular complexity index is 1200. The first-order valence-electron chi connectivity index (χ1n) is 12.2. The van der Waals surface area contributed by atoms with Gasteiger partial charge in [0, 0.05) is 24.6 Å². The van der Waals surface area contributed by atoms with E-state index in [0.29, 0.717) is 25.3 Å². The Morgan fingerprint density at radius 1 is 0.944 bits per heavy atom. The number of amides is 1. The third kappa shape index (κ3) is 5.36. The first-order chi connectivity index (χ1) is 17.6. The molecule has 2 heterocycles. The summed E-state index contributed by atoms with van der Waals surface area (Å²) < 4.78 is 22.5. The summed E-state index contributed by atoms with van der Waals surface area (Å²) in [5, 5.41) is 0. The van der Waals surface area contributed by atoms with Gasteiger partial charge in [-0.25, -0.2) is 9.59 Å². The summed E-state index contributed by atoms with van der Waals surface area (Å²) in [6.45, 7) is 1.99. The number of carbonyl (C=O) groups is 2. The van der Waals surface area contributed by atoms with Crippen LogP contribution in [0, 0.1) is 5.92 Å². The minimum atomic E-state index is -0.352. The molecule has 0 N–H and O–H groups in total. The van der Waals surface area contributed by atoms with E-state index >= 15 is 0 Å². The molecule has 1 amide bonds. The largest absolute Gasteiger partial charge is 0.465 e. The van der Waals surface area contributed by atoms with E-state index in [1.54, 1.807) is 17.0 Å². The van der Waals surface area contributed by atoms with Crippen LogP contribution in [0.15, 0.2) is 72.8 Å². The smallest absolute Gasteiger partial charge is 0.410 e. The first-order valence-corrected chi connectivity index (χ1v) is 12.2. The van der Waals surface area contributed by atoms with Crippen molar-refractivity contribution in [3.05, 3.63) is 89.5 Å². The fraction of sp³-hybridized carbons (Fsp3) is 0.310. The standard InChI is InChI=1S/C29H29NO6/c1-33-27(31)22-9-7-21(8-10-22)24-11-12-26-25(17-24)19-34-28(36-26)23-13-15-30(16-14-23)29(32)35-18-20-5-3-2-4-6-20/h2-12,17,23,28H,13-16,18-19H2,1H3. The Morgan fingerprint density at radius 3 is 2.39 bits per heavy atom. The molecule has 7 nitrogen and oxygen atoms in total. The van der Waals surface area contributed by atoms with E-state index < -0.39 is 0 Å². The van der Waals surface area contributed by atoms with Gasteiger partial charge in [0.1, 0.15) is 12.4 Å². The van der Waals surface area contributed by atoms with E-state index in [0.717, 1.165) is 40.8 Å². The zero-order chi connectivity index (χ0) is 24.9. The van der Waals surface area contributed by atoms with Gasteiger partial charge in [-0.15, -0.1) is 0 Å². The van der Waals surface area contributed by atoms with Crippen molar-refractivity contribution < 1.29 is 28.5 Å². The number of carbonyl (C=O) groups excluding carboxylic acids is 2. The van der Waals surface area contributed by atoms with Crippen LogP contribution in [0.3, 0.4) is 0 Å². The second kappa shape index (κ2) is 10.8. The molecule has 0 saturated carbocycles. The van der Waals surface area contributed by atoms with Gasteiger partial charge in [0.05, 0.1) is 19.3 Å². The maximum absolute atomic E-state index is 12.5. The maximum atomic E-state index is 12.5. The quantitative estimate of drug-likeness (QED) is 0.447. The number of likely N-dealkylation sites (tertiary alicyclic amines) is 1. The van der Waals surface area contributed by atoms with E-state index in [1.807, 2.05) is 54.6 Å². The van der Waals surface area contributed by atoms with E-state index in [1.165, 1.54) is 7.11 Å². The van der Waals surface area contributed by atoms with E-state index in [-0.39, 0.29) is 30.9 Å². The summed E-state index contributed by atoms with van der Waals surface area (Å²) in [7, 11) is 1.37. The molecular weight excluding hydrogens is 458 g/mol. The van der Waals surface area contributed by atoms with Crippen LogP contribution in [0.25, 0.3) is 11.1 Å². The van der Waals surface area contributed by atoms with Gasteiger partial charge in [-0.05, 0) is 53.8 Å². The molecule has 0 bridgehead atoms. The van der Waals surface area contributed by atoms with Gasteiger partial charge in [-0.3, -0.25) is 0 Å². The summed E-state index contributed by atoms with van der Waals surface area (Å²) >= 11 is 0. The molecule has 3 aromatic rings. The van der Waals surface area contributed by atoms with Crippen LogP contribution in [-0.4, -0.2) is 43.5 Å². The number of methoxy groups -OCH3 is 1. The van der Waals surface area contributed by atoms with Crippen molar-refractivity contribution in [1.29, 1.82) is 0 Å². The zero-order valence-electron chi connectivity index (χ0n) is 20.2. The Hall–Kier alpha value is -3.84. The summed E-state index contributed by atoms with van der Waals surface area (Å²) in [6, 6.07) is 23.1. The predicted molar refractivity (Wildman–Crippen MR) is 133 cm³/mol. The highest BCUT2D eigenvalue weighted by molar-refractivity contribution is 5.90. The molecule has 1 fully saturated rings. The van der Waals surface area contributed by atoms with Gasteiger partial charge in [0.25, 0.3) is 0 Å². The number of hydrogen-bond donors (Lipinski definition) is 0. The predicted octanol–water partition coefficient (Wildman–Crippen LogP) is 5.42. The second-order valence-electron chi connectivity index (χ2n) is 9.05. The normalized spacial score (nSPS) is 17.6. The van der Waals surface area contributed by atoms with Crippen molar-refractivity contribution in [3.63, 3.8) is 0 Å². The van der Waals surface area contributed by atoms with Gasteiger partial charge in [0.15, 0.2) is 0 Å². The molecule has 1 saturated heterocycles. The Balaban J connectivity index is 1.14. The minimum absolute atomic E-state index is 0.210. The number of hydrogen-bond acceptors (Lipinski definition) is 6. The molecular formula is C29H29NO6. The summed E-state index contributed by atoms with van der Waals surface area (Å²) in [5.74, 6) is 0.683. The molecule has 36 heavy (non-hydrogen) atoms. The molecule has 0 spiro atoms. The van der Waals surface area contributed by atoms with Crippen LogP contribution >= 0.6 is 0 Å². The third-order valence-electron chi connectivity index (χ3n) is 6.73. The monoisotopic (exact) mass is 487 g/mol. The van der Waals surface area contributed by atoms with Crippen molar-refractivity contribution in [2.24, 2.45) is 5.92 Å². The van der Waals surface area contributed by atoms with Crippen LogP contribution in [0.1, 0.15) is 34.3 Å². The molecule has 1 unspecified atom stereocenters. The fourth-order valence-corrected chi connectivity index (χ4v) is 4.63. The lowest BCUT2D eigenvalue weighted by Gasteiger charge is -2.37. The average Bonchev–Trinajstić information content (AvgIpc) is 2.95.